The molecule has 1 aromatic heterocycles. The van der Waals surface area contributed by atoms with E-state index in [4.69, 9.17) is 10.8 Å². The average molecular weight is 249 g/mol. The van der Waals surface area contributed by atoms with E-state index in [0.717, 1.165) is 6.42 Å². The molecule has 0 unspecified atom stereocenters. The monoisotopic (exact) mass is 249 g/mol. The highest BCUT2D eigenvalue weighted by molar-refractivity contribution is 5.93. The Morgan fingerprint density at radius 1 is 1.44 bits per heavy atom. The van der Waals surface area contributed by atoms with Gasteiger partial charge in [0.2, 0.25) is 0 Å². The first-order valence-corrected chi connectivity index (χ1v) is 5.77. The maximum atomic E-state index is 11.9. The number of carboxylic acids is 1. The van der Waals surface area contributed by atoms with Gasteiger partial charge >= 0.3 is 5.97 Å². The average Bonchev–Trinajstić information content (AvgIpc) is 2.26. The van der Waals surface area contributed by atoms with Crippen LogP contribution in [0.5, 0.6) is 0 Å². The molecule has 0 spiro atoms. The molecule has 4 N–H and O–H groups in total. The van der Waals surface area contributed by atoms with Gasteiger partial charge in [-0.15, -0.1) is 0 Å². The zero-order chi connectivity index (χ0) is 13.2. The fourth-order valence-electron chi connectivity index (χ4n) is 2.08. The molecule has 0 atom stereocenters. The van der Waals surface area contributed by atoms with Crippen LogP contribution >= 0.6 is 0 Å². The summed E-state index contributed by atoms with van der Waals surface area (Å²) in [4.78, 5) is 26.6. The Bertz CT molecular complexity index is 466. The molecule has 1 heterocycles. The molecule has 1 amide bonds. The lowest BCUT2D eigenvalue weighted by molar-refractivity contribution is -0.139. The van der Waals surface area contributed by atoms with Gasteiger partial charge < -0.3 is 16.2 Å². The van der Waals surface area contributed by atoms with Crippen molar-refractivity contribution in [3.63, 3.8) is 0 Å². The molecule has 0 aromatic carbocycles. The number of aliphatic carboxylic acids is 1. The van der Waals surface area contributed by atoms with E-state index in [1.807, 2.05) is 0 Å². The molecule has 2 rings (SSSR count). The SMILES string of the molecule is Nc1ccc(C(=O)NC2(CC(=O)O)CCC2)nc1. The zero-order valence-corrected chi connectivity index (χ0v) is 9.85. The van der Waals surface area contributed by atoms with E-state index in [2.05, 4.69) is 10.3 Å². The maximum Gasteiger partial charge on any atom is 0.305 e. The van der Waals surface area contributed by atoms with E-state index in [0.29, 0.717) is 18.5 Å². The molecule has 1 aliphatic carbocycles. The van der Waals surface area contributed by atoms with Gasteiger partial charge in [-0.25, -0.2) is 4.98 Å². The van der Waals surface area contributed by atoms with Crippen molar-refractivity contribution in [2.24, 2.45) is 0 Å². The van der Waals surface area contributed by atoms with Crippen LogP contribution in [-0.4, -0.2) is 27.5 Å². The highest BCUT2D eigenvalue weighted by atomic mass is 16.4. The highest BCUT2D eigenvalue weighted by Crippen LogP contribution is 2.35. The number of anilines is 1. The minimum absolute atomic E-state index is 0.0479. The Balaban J connectivity index is 2.06. The molecule has 6 heteroatoms. The molecule has 18 heavy (non-hydrogen) atoms. The van der Waals surface area contributed by atoms with Gasteiger partial charge in [-0.1, -0.05) is 0 Å². The number of hydrogen-bond donors (Lipinski definition) is 3. The number of carboxylic acid groups (broad SMARTS) is 1. The van der Waals surface area contributed by atoms with Crippen molar-refractivity contribution in [3.8, 4) is 0 Å². The van der Waals surface area contributed by atoms with Crippen molar-refractivity contribution >= 4 is 17.6 Å². The summed E-state index contributed by atoms with van der Waals surface area (Å²) in [7, 11) is 0. The third-order valence-electron chi connectivity index (χ3n) is 3.20. The van der Waals surface area contributed by atoms with Crippen LogP contribution in [0.15, 0.2) is 18.3 Å². The fourth-order valence-corrected chi connectivity index (χ4v) is 2.08. The second kappa shape index (κ2) is 4.64. The zero-order valence-electron chi connectivity index (χ0n) is 9.85. The standard InChI is InChI=1S/C12H15N3O3/c13-8-2-3-9(14-7-8)11(18)15-12(4-1-5-12)6-10(16)17/h2-3,7H,1,4-6,13H2,(H,15,18)(H,16,17). The number of hydrogen-bond acceptors (Lipinski definition) is 4. The van der Waals surface area contributed by atoms with Gasteiger partial charge in [-0.2, -0.15) is 0 Å². The van der Waals surface area contributed by atoms with Crippen molar-refractivity contribution in [1.29, 1.82) is 0 Å². The number of aromatic nitrogens is 1. The first-order valence-electron chi connectivity index (χ1n) is 5.77. The molecular formula is C12H15N3O3. The molecule has 1 fully saturated rings. The van der Waals surface area contributed by atoms with Crippen molar-refractivity contribution in [2.45, 2.75) is 31.2 Å². The predicted octanol–water partition coefficient (Wildman–Crippen LogP) is 0.791. The first-order chi connectivity index (χ1) is 8.51. The minimum atomic E-state index is -0.903. The van der Waals surface area contributed by atoms with Crippen LogP contribution < -0.4 is 11.1 Å². The van der Waals surface area contributed by atoms with Crippen molar-refractivity contribution in [3.05, 3.63) is 24.0 Å². The molecule has 0 aliphatic heterocycles. The third kappa shape index (κ3) is 2.58. The number of nitrogen functional groups attached to an aromatic ring is 1. The van der Waals surface area contributed by atoms with Crippen LogP contribution in [0.1, 0.15) is 36.2 Å². The van der Waals surface area contributed by atoms with Crippen LogP contribution in [0.25, 0.3) is 0 Å². The third-order valence-corrected chi connectivity index (χ3v) is 3.20. The van der Waals surface area contributed by atoms with Crippen LogP contribution in [-0.2, 0) is 4.79 Å². The van der Waals surface area contributed by atoms with Gasteiger partial charge in [0.1, 0.15) is 5.69 Å². The number of pyridine rings is 1. The Morgan fingerprint density at radius 3 is 2.61 bits per heavy atom. The van der Waals surface area contributed by atoms with Crippen LogP contribution in [0.2, 0.25) is 0 Å². The first kappa shape index (κ1) is 12.3. The smallest absolute Gasteiger partial charge is 0.305 e. The summed E-state index contributed by atoms with van der Waals surface area (Å²) in [6, 6.07) is 3.12. The van der Waals surface area contributed by atoms with E-state index in [1.165, 1.54) is 12.3 Å². The lowest BCUT2D eigenvalue weighted by Crippen LogP contribution is -2.54. The van der Waals surface area contributed by atoms with Crippen LogP contribution in [0.4, 0.5) is 5.69 Å². The van der Waals surface area contributed by atoms with Crippen molar-refractivity contribution in [2.75, 3.05) is 5.73 Å². The topological polar surface area (TPSA) is 105 Å². The van der Waals surface area contributed by atoms with Gasteiger partial charge in [0.25, 0.3) is 5.91 Å². The number of carbonyl (C=O) groups is 2. The van der Waals surface area contributed by atoms with Gasteiger partial charge in [0, 0.05) is 0 Å². The van der Waals surface area contributed by atoms with E-state index in [-0.39, 0.29) is 18.0 Å². The summed E-state index contributed by atoms with van der Waals surface area (Å²) in [5.41, 5.74) is 5.61. The maximum absolute atomic E-state index is 11.9. The summed E-state index contributed by atoms with van der Waals surface area (Å²) < 4.78 is 0. The molecule has 0 bridgehead atoms. The predicted molar refractivity (Wildman–Crippen MR) is 65.0 cm³/mol. The number of rotatable bonds is 4. The lowest BCUT2D eigenvalue weighted by atomic mass is 9.74. The van der Waals surface area contributed by atoms with Crippen molar-refractivity contribution < 1.29 is 14.7 Å². The number of nitrogens with two attached hydrogens (primary N) is 1. The quantitative estimate of drug-likeness (QED) is 0.731. The normalized spacial score (nSPS) is 16.7. The summed E-state index contributed by atoms with van der Waals surface area (Å²) in [5.74, 6) is -1.25. The Labute approximate surface area is 104 Å². The van der Waals surface area contributed by atoms with Crippen molar-refractivity contribution in [1.82, 2.24) is 10.3 Å². The van der Waals surface area contributed by atoms with Crippen LogP contribution in [0, 0.1) is 0 Å². The molecular weight excluding hydrogens is 234 g/mol. The number of nitrogens with one attached hydrogen (secondary N) is 1. The number of carbonyl (C=O) groups excluding carboxylic acids is 1. The summed E-state index contributed by atoms with van der Waals surface area (Å²) in [6.07, 6.45) is 3.68. The Morgan fingerprint density at radius 2 is 2.17 bits per heavy atom. The highest BCUT2D eigenvalue weighted by Gasteiger charge is 2.40. The van der Waals surface area contributed by atoms with Gasteiger partial charge in [0.15, 0.2) is 0 Å². The fraction of sp³-hybridized carbons (Fsp3) is 0.417. The van der Waals surface area contributed by atoms with Gasteiger partial charge in [-0.05, 0) is 31.4 Å². The van der Waals surface area contributed by atoms with E-state index >= 15 is 0 Å². The van der Waals surface area contributed by atoms with E-state index < -0.39 is 11.5 Å². The summed E-state index contributed by atoms with van der Waals surface area (Å²) >= 11 is 0. The number of nitrogens with zero attached hydrogens (tertiary/aromatic N) is 1. The van der Waals surface area contributed by atoms with Gasteiger partial charge in [0.05, 0.1) is 23.8 Å². The van der Waals surface area contributed by atoms with E-state index in [1.54, 1.807) is 6.07 Å². The largest absolute Gasteiger partial charge is 0.481 e. The minimum Gasteiger partial charge on any atom is -0.481 e. The van der Waals surface area contributed by atoms with Crippen LogP contribution in [0.3, 0.4) is 0 Å². The van der Waals surface area contributed by atoms with Gasteiger partial charge in [-0.3, -0.25) is 9.59 Å². The lowest BCUT2D eigenvalue weighted by Gasteiger charge is -2.41. The molecule has 6 nitrogen and oxygen atoms in total. The summed E-state index contributed by atoms with van der Waals surface area (Å²) in [6.45, 7) is 0. The number of amides is 1. The second-order valence-corrected chi connectivity index (χ2v) is 4.64. The molecule has 1 aliphatic rings. The second-order valence-electron chi connectivity index (χ2n) is 4.64. The molecule has 0 radical (unpaired) electrons. The molecule has 96 valence electrons. The molecule has 0 saturated heterocycles. The van der Waals surface area contributed by atoms with E-state index in [9.17, 15) is 9.59 Å². The Hall–Kier alpha value is -2.11. The Kier molecular flexibility index (Phi) is 3.18. The summed E-state index contributed by atoms with van der Waals surface area (Å²) in [5, 5.41) is 11.6. The molecule has 1 aromatic rings. The molecule has 1 saturated carbocycles.